The molecule has 2 amide bonds. The summed E-state index contributed by atoms with van der Waals surface area (Å²) in [6.07, 6.45) is 1.67. The number of rotatable bonds is 3. The molecule has 2 rings (SSSR count). The van der Waals surface area contributed by atoms with Crippen LogP contribution in [0.4, 0.5) is 4.79 Å². The zero-order valence-electron chi connectivity index (χ0n) is 15.0. The summed E-state index contributed by atoms with van der Waals surface area (Å²) in [7, 11) is 3.08. The van der Waals surface area contributed by atoms with Gasteiger partial charge in [0.15, 0.2) is 0 Å². The predicted octanol–water partition coefficient (Wildman–Crippen LogP) is 2.12. The quantitative estimate of drug-likeness (QED) is 0.481. The normalized spacial score (nSPS) is 14.6. The second-order valence-corrected chi connectivity index (χ2v) is 5.75. The van der Waals surface area contributed by atoms with Gasteiger partial charge in [-0.25, -0.2) is 9.86 Å². The summed E-state index contributed by atoms with van der Waals surface area (Å²) in [6, 6.07) is 7.92. The highest BCUT2D eigenvalue weighted by Gasteiger charge is 2.24. The molecule has 25 heavy (non-hydrogen) atoms. The fourth-order valence-electron chi connectivity index (χ4n) is 2.55. The lowest BCUT2D eigenvalue weighted by Crippen LogP contribution is -2.51. The van der Waals surface area contributed by atoms with Crippen LogP contribution in [0.2, 0.25) is 0 Å². The number of amides is 2. The van der Waals surface area contributed by atoms with Crippen LogP contribution in [-0.4, -0.2) is 67.9 Å². The average Bonchev–Trinajstić information content (AvgIpc) is 2.64. The molecule has 6 heteroatoms. The summed E-state index contributed by atoms with van der Waals surface area (Å²) < 4.78 is 0. The van der Waals surface area contributed by atoms with E-state index in [9.17, 15) is 4.79 Å². The minimum absolute atomic E-state index is 0.139. The highest BCUT2D eigenvalue weighted by atomic mass is 16.7. The predicted molar refractivity (Wildman–Crippen MR) is 99.0 cm³/mol. The van der Waals surface area contributed by atoms with Crippen molar-refractivity contribution >= 4 is 12.7 Å². The Hall–Kier alpha value is -2.78. The van der Waals surface area contributed by atoms with E-state index in [2.05, 4.69) is 28.5 Å². The van der Waals surface area contributed by atoms with Gasteiger partial charge in [-0.3, -0.25) is 9.83 Å². The first kappa shape index (κ1) is 18.6. The minimum Gasteiger partial charge on any atom is -0.360 e. The molecule has 0 bridgehead atoms. The molecule has 0 saturated carbocycles. The lowest BCUT2D eigenvalue weighted by molar-refractivity contribution is -0.0779. The number of urea groups is 1. The molecule has 1 fully saturated rings. The molecule has 0 radical (unpaired) electrons. The van der Waals surface area contributed by atoms with Gasteiger partial charge in [0.1, 0.15) is 5.70 Å². The van der Waals surface area contributed by atoms with Crippen LogP contribution in [0.15, 0.2) is 41.2 Å². The Morgan fingerprint density at radius 1 is 1.32 bits per heavy atom. The molecule has 132 valence electrons. The SMILES string of the molecule is C=N/C=C(/C#Cc1cccc(C)c1)N1CCN(C(=O)N(C)OC)CC1. The van der Waals surface area contributed by atoms with Gasteiger partial charge < -0.3 is 9.80 Å². The molecular formula is C19H24N4O2. The first-order valence-electron chi connectivity index (χ1n) is 8.11. The van der Waals surface area contributed by atoms with Crippen molar-refractivity contribution < 1.29 is 9.63 Å². The molecular weight excluding hydrogens is 316 g/mol. The van der Waals surface area contributed by atoms with Gasteiger partial charge in [-0.05, 0) is 37.3 Å². The molecule has 0 aromatic heterocycles. The van der Waals surface area contributed by atoms with E-state index >= 15 is 0 Å². The lowest BCUT2D eigenvalue weighted by Gasteiger charge is -2.36. The average molecular weight is 340 g/mol. The molecule has 1 saturated heterocycles. The number of carbonyl (C=O) groups is 1. The van der Waals surface area contributed by atoms with Crippen molar-refractivity contribution in [3.05, 3.63) is 47.3 Å². The van der Waals surface area contributed by atoms with Crippen LogP contribution >= 0.6 is 0 Å². The summed E-state index contributed by atoms with van der Waals surface area (Å²) in [4.78, 5) is 24.8. The first-order valence-corrected chi connectivity index (χ1v) is 8.11. The van der Waals surface area contributed by atoms with Crippen molar-refractivity contribution in [3.8, 4) is 11.8 Å². The standard InChI is InChI=1S/C19H24N4O2/c1-16-6-5-7-17(14-16)8-9-18(15-20-2)22-10-12-23(13-11-22)19(24)21(3)25-4/h5-7,14-15H,2,10-13H2,1,3-4H3/b18-15-. The molecule has 1 aromatic carbocycles. The number of allylic oxidation sites excluding steroid dienone is 1. The number of carbonyl (C=O) groups excluding carboxylic acids is 1. The van der Waals surface area contributed by atoms with Crippen molar-refractivity contribution in [2.75, 3.05) is 40.3 Å². The van der Waals surface area contributed by atoms with Crippen molar-refractivity contribution in [2.24, 2.45) is 4.99 Å². The molecule has 0 spiro atoms. The first-order chi connectivity index (χ1) is 12.0. The number of aliphatic imine (C=N–C) groups is 1. The molecule has 0 aliphatic carbocycles. The smallest absolute Gasteiger partial charge is 0.343 e. The fraction of sp³-hybridized carbons (Fsp3) is 0.368. The highest BCUT2D eigenvalue weighted by molar-refractivity contribution is 5.73. The van der Waals surface area contributed by atoms with Crippen LogP contribution in [0, 0.1) is 18.8 Å². The van der Waals surface area contributed by atoms with E-state index in [4.69, 9.17) is 4.84 Å². The van der Waals surface area contributed by atoms with Crippen LogP contribution in [0.25, 0.3) is 0 Å². The van der Waals surface area contributed by atoms with E-state index in [1.807, 2.05) is 31.2 Å². The number of nitrogens with zero attached hydrogens (tertiary/aromatic N) is 4. The number of hydrogen-bond donors (Lipinski definition) is 0. The van der Waals surface area contributed by atoms with E-state index in [0.717, 1.165) is 11.3 Å². The number of hydrogen-bond acceptors (Lipinski definition) is 4. The summed E-state index contributed by atoms with van der Waals surface area (Å²) in [5.41, 5.74) is 2.95. The summed E-state index contributed by atoms with van der Waals surface area (Å²) in [6.45, 7) is 8.16. The van der Waals surface area contributed by atoms with Crippen molar-refractivity contribution in [3.63, 3.8) is 0 Å². The molecule has 0 atom stereocenters. The van der Waals surface area contributed by atoms with Crippen molar-refractivity contribution in [1.29, 1.82) is 0 Å². The van der Waals surface area contributed by atoms with E-state index in [-0.39, 0.29) is 6.03 Å². The van der Waals surface area contributed by atoms with E-state index < -0.39 is 0 Å². The molecule has 1 heterocycles. The second kappa shape index (κ2) is 8.90. The third kappa shape index (κ3) is 5.10. The Balaban J connectivity index is 2.05. The van der Waals surface area contributed by atoms with Crippen LogP contribution in [0.3, 0.4) is 0 Å². The second-order valence-electron chi connectivity index (χ2n) is 5.75. The summed E-state index contributed by atoms with van der Waals surface area (Å²) in [5.74, 6) is 6.35. The maximum absolute atomic E-state index is 12.1. The van der Waals surface area contributed by atoms with Gasteiger partial charge in [0.05, 0.1) is 13.3 Å². The van der Waals surface area contributed by atoms with Crippen molar-refractivity contribution in [2.45, 2.75) is 6.92 Å². The molecule has 1 aliphatic heterocycles. The maximum Gasteiger partial charge on any atom is 0.343 e. The fourth-order valence-corrected chi connectivity index (χ4v) is 2.55. The Morgan fingerprint density at radius 2 is 2.00 bits per heavy atom. The van der Waals surface area contributed by atoms with E-state index in [1.165, 1.54) is 17.7 Å². The zero-order chi connectivity index (χ0) is 18.2. The Kier molecular flexibility index (Phi) is 6.61. The Bertz CT molecular complexity index is 710. The van der Waals surface area contributed by atoms with Gasteiger partial charge >= 0.3 is 6.03 Å². The summed E-state index contributed by atoms with van der Waals surface area (Å²) in [5, 5.41) is 1.23. The van der Waals surface area contributed by atoms with Crippen LogP contribution in [0.5, 0.6) is 0 Å². The summed E-state index contributed by atoms with van der Waals surface area (Å²) >= 11 is 0. The third-order valence-corrected chi connectivity index (χ3v) is 4.00. The molecule has 6 nitrogen and oxygen atoms in total. The minimum atomic E-state index is -0.139. The third-order valence-electron chi connectivity index (χ3n) is 4.00. The largest absolute Gasteiger partial charge is 0.360 e. The molecule has 1 aliphatic rings. The Labute approximate surface area is 149 Å². The van der Waals surface area contributed by atoms with Gasteiger partial charge in [0, 0.05) is 38.8 Å². The number of piperazine rings is 1. The number of hydroxylamine groups is 2. The van der Waals surface area contributed by atoms with Gasteiger partial charge in [0.25, 0.3) is 0 Å². The van der Waals surface area contributed by atoms with Gasteiger partial charge in [-0.1, -0.05) is 18.1 Å². The van der Waals surface area contributed by atoms with Crippen LogP contribution < -0.4 is 0 Å². The van der Waals surface area contributed by atoms with Gasteiger partial charge in [0.2, 0.25) is 0 Å². The topological polar surface area (TPSA) is 48.4 Å². The number of aryl methyl sites for hydroxylation is 1. The highest BCUT2D eigenvalue weighted by Crippen LogP contribution is 2.11. The Morgan fingerprint density at radius 3 is 2.60 bits per heavy atom. The van der Waals surface area contributed by atoms with Crippen molar-refractivity contribution in [1.82, 2.24) is 14.9 Å². The maximum atomic E-state index is 12.1. The van der Waals surface area contributed by atoms with Gasteiger partial charge in [-0.15, -0.1) is 0 Å². The van der Waals surface area contributed by atoms with Crippen LogP contribution in [-0.2, 0) is 4.84 Å². The lowest BCUT2D eigenvalue weighted by atomic mass is 10.1. The van der Waals surface area contributed by atoms with E-state index in [1.54, 1.807) is 18.1 Å². The van der Waals surface area contributed by atoms with Gasteiger partial charge in [-0.2, -0.15) is 0 Å². The molecule has 1 aromatic rings. The monoisotopic (exact) mass is 340 g/mol. The molecule has 0 N–H and O–H groups in total. The number of benzene rings is 1. The zero-order valence-corrected chi connectivity index (χ0v) is 15.0. The van der Waals surface area contributed by atoms with Crippen LogP contribution in [0.1, 0.15) is 11.1 Å². The van der Waals surface area contributed by atoms with E-state index in [0.29, 0.717) is 26.2 Å². The molecule has 0 unspecified atom stereocenters.